The lowest BCUT2D eigenvalue weighted by Crippen LogP contribution is -2.52. The van der Waals surface area contributed by atoms with Crippen molar-refractivity contribution < 1.29 is 18.3 Å². The maximum absolute atomic E-state index is 12.9. The lowest BCUT2D eigenvalue weighted by atomic mass is 9.87. The zero-order valence-corrected chi connectivity index (χ0v) is 12.9. The van der Waals surface area contributed by atoms with Crippen LogP contribution in [0.2, 0.25) is 0 Å². The molecule has 128 valence electrons. The van der Waals surface area contributed by atoms with E-state index in [1.165, 1.54) is 24.3 Å². The molecule has 1 aromatic heterocycles. The van der Waals surface area contributed by atoms with Gasteiger partial charge in [-0.05, 0) is 56.3 Å². The molecule has 3 rings (SSSR count). The number of amides is 1. The van der Waals surface area contributed by atoms with E-state index in [1.54, 1.807) is 23.1 Å². The topological polar surface area (TPSA) is 68.2 Å². The van der Waals surface area contributed by atoms with Crippen LogP contribution in [0.4, 0.5) is 14.5 Å². The van der Waals surface area contributed by atoms with Crippen LogP contribution >= 0.6 is 0 Å². The number of nitrogens with one attached hydrogen (secondary N) is 2. The number of rotatable bonds is 5. The van der Waals surface area contributed by atoms with Gasteiger partial charge in [-0.2, -0.15) is 13.9 Å². The SMILES string of the molecule is O=C(Nc1ccc(OC(F)F)cc1)C1(n2cccn2)CCNCC1. The summed E-state index contributed by atoms with van der Waals surface area (Å²) in [5.41, 5.74) is -0.237. The Hall–Kier alpha value is -2.48. The summed E-state index contributed by atoms with van der Waals surface area (Å²) < 4.78 is 30.3. The molecule has 1 fully saturated rings. The molecule has 0 spiro atoms. The molecule has 2 aromatic rings. The van der Waals surface area contributed by atoms with Crippen LogP contribution in [0.5, 0.6) is 5.75 Å². The van der Waals surface area contributed by atoms with Gasteiger partial charge in [0, 0.05) is 18.1 Å². The third kappa shape index (κ3) is 3.38. The minimum Gasteiger partial charge on any atom is -0.435 e. The Bertz CT molecular complexity index is 668. The Kier molecular flexibility index (Phi) is 4.75. The van der Waals surface area contributed by atoms with E-state index in [0.717, 1.165) is 0 Å². The van der Waals surface area contributed by atoms with Crippen LogP contribution in [0.25, 0.3) is 0 Å². The molecular formula is C16H18F2N4O2. The number of hydrogen-bond acceptors (Lipinski definition) is 4. The lowest BCUT2D eigenvalue weighted by molar-refractivity contribution is -0.126. The van der Waals surface area contributed by atoms with Crippen LogP contribution in [-0.4, -0.2) is 35.4 Å². The lowest BCUT2D eigenvalue weighted by Gasteiger charge is -2.36. The highest BCUT2D eigenvalue weighted by Gasteiger charge is 2.42. The van der Waals surface area contributed by atoms with Gasteiger partial charge in [-0.25, -0.2) is 0 Å². The van der Waals surface area contributed by atoms with Gasteiger partial charge in [-0.3, -0.25) is 9.48 Å². The van der Waals surface area contributed by atoms with Crippen LogP contribution in [-0.2, 0) is 10.3 Å². The van der Waals surface area contributed by atoms with Crippen molar-refractivity contribution in [1.29, 1.82) is 0 Å². The molecule has 1 aliphatic heterocycles. The fourth-order valence-corrected chi connectivity index (χ4v) is 2.89. The van der Waals surface area contributed by atoms with Crippen molar-refractivity contribution in [3.63, 3.8) is 0 Å². The zero-order chi connectivity index (χ0) is 17.0. The molecule has 8 heteroatoms. The van der Waals surface area contributed by atoms with Gasteiger partial charge in [-0.15, -0.1) is 0 Å². The molecule has 0 unspecified atom stereocenters. The first kappa shape index (κ1) is 16.4. The minimum absolute atomic E-state index is 0.0478. The Morgan fingerprint density at radius 3 is 2.58 bits per heavy atom. The van der Waals surface area contributed by atoms with E-state index in [0.29, 0.717) is 31.6 Å². The number of nitrogens with zero attached hydrogens (tertiary/aromatic N) is 2. The maximum atomic E-state index is 12.9. The summed E-state index contributed by atoms with van der Waals surface area (Å²) in [6.45, 7) is -1.44. The Morgan fingerprint density at radius 1 is 1.29 bits per heavy atom. The monoisotopic (exact) mass is 336 g/mol. The van der Waals surface area contributed by atoms with Crippen molar-refractivity contribution in [3.05, 3.63) is 42.7 Å². The third-order valence-corrected chi connectivity index (χ3v) is 4.13. The van der Waals surface area contributed by atoms with E-state index < -0.39 is 12.2 Å². The second-order valence-corrected chi connectivity index (χ2v) is 5.59. The van der Waals surface area contributed by atoms with Gasteiger partial charge in [0.15, 0.2) is 0 Å². The number of benzene rings is 1. The molecule has 6 nitrogen and oxygen atoms in total. The number of anilines is 1. The Balaban J connectivity index is 1.76. The molecular weight excluding hydrogens is 318 g/mol. The smallest absolute Gasteiger partial charge is 0.387 e. The summed E-state index contributed by atoms with van der Waals surface area (Å²) in [5, 5.41) is 10.3. The second-order valence-electron chi connectivity index (χ2n) is 5.59. The molecule has 2 N–H and O–H groups in total. The van der Waals surface area contributed by atoms with Crippen molar-refractivity contribution in [2.24, 2.45) is 0 Å². The van der Waals surface area contributed by atoms with E-state index in [4.69, 9.17) is 0 Å². The molecule has 0 saturated carbocycles. The van der Waals surface area contributed by atoms with E-state index >= 15 is 0 Å². The molecule has 0 radical (unpaired) electrons. The Labute approximate surface area is 137 Å². The largest absolute Gasteiger partial charge is 0.435 e. The first-order valence-electron chi connectivity index (χ1n) is 7.67. The van der Waals surface area contributed by atoms with Crippen molar-refractivity contribution in [2.45, 2.75) is 25.0 Å². The summed E-state index contributed by atoms with van der Waals surface area (Å²) in [6, 6.07) is 7.64. The van der Waals surface area contributed by atoms with Crippen LogP contribution in [0.1, 0.15) is 12.8 Å². The summed E-state index contributed by atoms with van der Waals surface area (Å²) in [5.74, 6) is -0.123. The highest BCUT2D eigenvalue weighted by Crippen LogP contribution is 2.29. The average molecular weight is 336 g/mol. The molecule has 1 saturated heterocycles. The number of alkyl halides is 2. The summed E-state index contributed by atoms with van der Waals surface area (Å²) in [6.07, 6.45) is 4.66. The van der Waals surface area contributed by atoms with E-state index in [1.807, 2.05) is 0 Å². The predicted molar refractivity (Wildman–Crippen MR) is 84.0 cm³/mol. The minimum atomic E-state index is -2.87. The van der Waals surface area contributed by atoms with Crippen molar-refractivity contribution in [3.8, 4) is 5.75 Å². The van der Waals surface area contributed by atoms with Gasteiger partial charge < -0.3 is 15.4 Å². The molecule has 1 aromatic carbocycles. The standard InChI is InChI=1S/C16H18F2N4O2/c17-15(18)24-13-4-2-12(3-5-13)21-14(23)16(6-9-19-10-7-16)22-11-1-8-20-22/h1-5,8,11,15,19H,6-7,9-10H2,(H,21,23). The summed E-state index contributed by atoms with van der Waals surface area (Å²) >= 11 is 0. The highest BCUT2D eigenvalue weighted by atomic mass is 19.3. The number of ether oxygens (including phenoxy) is 1. The maximum Gasteiger partial charge on any atom is 0.387 e. The molecule has 0 aliphatic carbocycles. The number of carbonyl (C=O) groups is 1. The number of carbonyl (C=O) groups excluding carboxylic acids is 1. The van der Waals surface area contributed by atoms with Crippen LogP contribution in [0, 0.1) is 0 Å². The summed E-state index contributed by atoms with van der Waals surface area (Å²) in [4.78, 5) is 12.9. The normalized spacial score (nSPS) is 16.8. The van der Waals surface area contributed by atoms with E-state index in [-0.39, 0.29) is 11.7 Å². The fraction of sp³-hybridized carbons (Fsp3) is 0.375. The number of hydrogen-bond donors (Lipinski definition) is 2. The first-order chi connectivity index (χ1) is 11.6. The number of piperidine rings is 1. The van der Waals surface area contributed by atoms with Crippen LogP contribution < -0.4 is 15.4 Å². The van der Waals surface area contributed by atoms with Gasteiger partial charge in [0.1, 0.15) is 11.3 Å². The second kappa shape index (κ2) is 6.96. The van der Waals surface area contributed by atoms with Crippen molar-refractivity contribution >= 4 is 11.6 Å². The fourth-order valence-electron chi connectivity index (χ4n) is 2.89. The third-order valence-electron chi connectivity index (χ3n) is 4.13. The van der Waals surface area contributed by atoms with Crippen LogP contribution in [0.3, 0.4) is 0 Å². The van der Waals surface area contributed by atoms with Gasteiger partial charge in [0.05, 0.1) is 0 Å². The quantitative estimate of drug-likeness (QED) is 0.878. The van der Waals surface area contributed by atoms with Gasteiger partial charge in [0.25, 0.3) is 5.91 Å². The van der Waals surface area contributed by atoms with Crippen molar-refractivity contribution in [1.82, 2.24) is 15.1 Å². The van der Waals surface area contributed by atoms with Crippen LogP contribution in [0.15, 0.2) is 42.7 Å². The average Bonchev–Trinajstić information content (AvgIpc) is 3.12. The molecule has 24 heavy (non-hydrogen) atoms. The molecule has 1 amide bonds. The highest BCUT2D eigenvalue weighted by molar-refractivity contribution is 5.96. The molecule has 1 aliphatic rings. The molecule has 0 atom stereocenters. The number of halogens is 2. The van der Waals surface area contributed by atoms with Gasteiger partial charge >= 0.3 is 6.61 Å². The first-order valence-corrected chi connectivity index (χ1v) is 7.67. The molecule has 0 bridgehead atoms. The van der Waals surface area contributed by atoms with Gasteiger partial charge in [-0.1, -0.05) is 0 Å². The van der Waals surface area contributed by atoms with Gasteiger partial charge in [0.2, 0.25) is 0 Å². The number of aromatic nitrogens is 2. The van der Waals surface area contributed by atoms with E-state index in [9.17, 15) is 13.6 Å². The summed E-state index contributed by atoms with van der Waals surface area (Å²) in [7, 11) is 0. The van der Waals surface area contributed by atoms with E-state index in [2.05, 4.69) is 20.5 Å². The predicted octanol–water partition coefficient (Wildman–Crippen LogP) is 2.20. The molecule has 2 heterocycles. The Morgan fingerprint density at radius 2 is 2.00 bits per heavy atom. The van der Waals surface area contributed by atoms with Crippen molar-refractivity contribution in [2.75, 3.05) is 18.4 Å². The zero-order valence-electron chi connectivity index (χ0n) is 12.9.